The van der Waals surface area contributed by atoms with Crippen LogP contribution in [0.25, 0.3) is 23.1 Å². The molecule has 2 aromatic heterocycles. The molecular weight excluding hydrogens is 1750 g/mol. The topological polar surface area (TPSA) is 705 Å². The fraction of sp³-hybridized carbons (Fsp3) is 0.506. The van der Waals surface area contributed by atoms with Gasteiger partial charge in [0.15, 0.2) is 0 Å². The van der Waals surface area contributed by atoms with Gasteiger partial charge in [-0.15, -0.1) is 0 Å². The minimum absolute atomic E-state index is 0.000825. The monoisotopic (exact) mass is 1870 g/mol. The van der Waals surface area contributed by atoms with Crippen LogP contribution in [0.1, 0.15) is 152 Å². The van der Waals surface area contributed by atoms with E-state index in [1.54, 1.807) is 83.4 Å². The van der Waals surface area contributed by atoms with Gasteiger partial charge in [-0.25, -0.2) is 14.4 Å². The van der Waals surface area contributed by atoms with Gasteiger partial charge in [-0.1, -0.05) is 69.8 Å². The van der Waals surface area contributed by atoms with Crippen molar-refractivity contribution < 1.29 is 96.5 Å². The Hall–Kier alpha value is -13.3. The third-order valence-electron chi connectivity index (χ3n) is 21.5. The number of anilines is 1. The van der Waals surface area contributed by atoms with E-state index in [1.807, 2.05) is 42.5 Å². The number of fused-ring (bicyclic) bond motifs is 1. The average Bonchev–Trinajstić information content (AvgIpc) is 1.66. The normalized spacial score (nSPS) is 19.0. The van der Waals surface area contributed by atoms with Gasteiger partial charge in [0.05, 0.1) is 46.8 Å². The van der Waals surface area contributed by atoms with Crippen LogP contribution < -0.4 is 119 Å². The van der Waals surface area contributed by atoms with Crippen LogP contribution in [0.2, 0.25) is 0 Å². The first kappa shape index (κ1) is 107. The lowest BCUT2D eigenvalue weighted by molar-refractivity contribution is -0.136. The molecule has 3 heterocycles. The molecule has 12 atom stereocenters. The molecule has 3 aromatic carbocycles. The number of amides is 18. The van der Waals surface area contributed by atoms with Crippen molar-refractivity contribution in [2.24, 2.45) is 40.5 Å². The molecule has 1 saturated carbocycles. The summed E-state index contributed by atoms with van der Waals surface area (Å²) in [4.78, 5) is 239. The number of aromatic nitrogens is 3. The Morgan fingerprint density at radius 1 is 0.639 bits per heavy atom. The Morgan fingerprint density at radius 3 is 1.83 bits per heavy atom. The molecule has 46 heteroatoms. The van der Waals surface area contributed by atoms with Crippen LogP contribution in [0.5, 0.6) is 0 Å². The van der Waals surface area contributed by atoms with Crippen molar-refractivity contribution in [1.82, 2.24) is 99.8 Å². The molecule has 29 N–H and O–H groups in total. The number of carbonyl (C=O) groups is 17. The Bertz CT molecular complexity index is 4920. The number of hydrogen-bond acceptors (Lipinski definition) is 27. The molecule has 0 spiro atoms. The van der Waals surface area contributed by atoms with E-state index in [4.69, 9.17) is 38.5 Å². The van der Waals surface area contributed by atoms with Crippen LogP contribution in [0.4, 0.5) is 20.1 Å². The molecule has 724 valence electrons. The highest BCUT2D eigenvalue weighted by molar-refractivity contribution is 7.99. The molecular formula is C87H125N25O20S. The second-order valence-corrected chi connectivity index (χ2v) is 34.0. The zero-order chi connectivity index (χ0) is 97.6. The van der Waals surface area contributed by atoms with E-state index in [-0.39, 0.29) is 108 Å². The molecule has 1 aliphatic carbocycles. The maximum atomic E-state index is 14.4. The highest BCUT2D eigenvalue weighted by Gasteiger charge is 2.42. The zero-order valence-electron chi connectivity index (χ0n) is 75.3. The largest absolute Gasteiger partial charge is 0.445 e. The van der Waals surface area contributed by atoms with E-state index in [0.717, 1.165) is 25.2 Å². The standard InChI is InChI=1S/C87H125N25O20S/c1-47(2)42-64-80(125)103-60(29-36-89)76(121)102-62(31-38-91)79(124)109-71(49(5)113)81(126)95-41-32-63(78(123)101-59(28-35-88)74(119)97-44-69(117)100-64)104-77(122)61(30-37-90)106-83(128)72(50(6)114)108-68(116)27-26-67(115)107-70(48(3)4)82(127)105-58(16-12-40-96-84(92)129)75(120)99-53-20-18-51(19-21-53)45-132-86(131)98-46-87(33-13-34-87)110-85(130)112-65-43-54(133-66-17-9-8-15-56(66)73(118)93-7)23-24-55(65)57(111-112)25-22-52-14-10-11-39-94-52/h8-11,14-15,17-25,39,43,47-50,58-64,70-72,113-114H,12-13,16,26-38,40-42,44-46,88-91H2,1-7H3,(H,93,118)(H,95,126)(H,97,119)(H,98,131)(H,99,120)(H,100,117)(H,101,123)(H,102,121)(H,103,125)(H,104,122)(H,105,127)(H,106,128)(H,107,115)(H,108,116)(H,109,124)(H,110,130)(H3,92,96,129)/b25-22+/t49-,50?,58?,59-,60-,61?,62?,63?,64-,70?,71?,72?/m0/s1. The van der Waals surface area contributed by atoms with Crippen molar-refractivity contribution in [3.63, 3.8) is 0 Å². The maximum Gasteiger partial charge on any atom is 0.407 e. The highest BCUT2D eigenvalue weighted by Crippen LogP contribution is 2.35. The van der Waals surface area contributed by atoms with E-state index in [9.17, 15) is 91.7 Å². The van der Waals surface area contributed by atoms with Crippen molar-refractivity contribution in [3.05, 3.63) is 114 Å². The van der Waals surface area contributed by atoms with Crippen LogP contribution >= 0.6 is 11.8 Å². The fourth-order valence-corrected chi connectivity index (χ4v) is 15.1. The molecule has 0 bridgehead atoms. The second-order valence-electron chi connectivity index (χ2n) is 32.9. The summed E-state index contributed by atoms with van der Waals surface area (Å²) in [6.45, 7) is 6.64. The van der Waals surface area contributed by atoms with Gasteiger partial charge < -0.3 is 134 Å². The van der Waals surface area contributed by atoms with Gasteiger partial charge in [-0.05, 0) is 195 Å². The van der Waals surface area contributed by atoms with E-state index in [0.29, 0.717) is 51.2 Å². The van der Waals surface area contributed by atoms with Gasteiger partial charge in [0.25, 0.3) is 5.91 Å². The first-order valence-corrected chi connectivity index (χ1v) is 44.7. The summed E-state index contributed by atoms with van der Waals surface area (Å²) in [7, 11) is 1.55. The van der Waals surface area contributed by atoms with E-state index in [2.05, 4.69) is 95.4 Å². The Kier molecular flexibility index (Phi) is 42.8. The van der Waals surface area contributed by atoms with Crippen molar-refractivity contribution in [3.8, 4) is 0 Å². The van der Waals surface area contributed by atoms with Crippen molar-refractivity contribution in [2.45, 2.75) is 220 Å². The number of aliphatic hydroxyl groups excluding tert-OH is 2. The second kappa shape index (κ2) is 53.3. The number of ether oxygens (including phenoxy) is 1. The number of hydrogen-bond donors (Lipinski definition) is 24. The number of carbonyl (C=O) groups excluding carboxylic acids is 17. The van der Waals surface area contributed by atoms with Crippen molar-refractivity contribution >= 4 is 141 Å². The molecule has 18 amide bonds. The molecule has 1 saturated heterocycles. The van der Waals surface area contributed by atoms with Gasteiger partial charge in [0.1, 0.15) is 67.0 Å². The first-order valence-electron chi connectivity index (χ1n) is 43.9. The van der Waals surface area contributed by atoms with E-state index >= 15 is 0 Å². The molecule has 133 heavy (non-hydrogen) atoms. The van der Waals surface area contributed by atoms with Crippen LogP contribution in [-0.2, 0) is 73.7 Å². The summed E-state index contributed by atoms with van der Waals surface area (Å²) in [5, 5.41) is 70.5. The van der Waals surface area contributed by atoms with Crippen molar-refractivity contribution in [1.29, 1.82) is 0 Å². The zero-order valence-corrected chi connectivity index (χ0v) is 76.2. The summed E-state index contributed by atoms with van der Waals surface area (Å²) in [5.41, 5.74) is 30.7. The molecule has 5 aromatic rings. The molecule has 7 rings (SSSR count). The number of nitrogens with zero attached hydrogens (tertiary/aromatic N) is 3. The summed E-state index contributed by atoms with van der Waals surface area (Å²) < 4.78 is 6.86. The number of benzene rings is 3. The number of nitrogens with one attached hydrogen (secondary N) is 17. The number of pyridine rings is 1. The molecule has 0 radical (unpaired) electrons. The summed E-state index contributed by atoms with van der Waals surface area (Å²) in [5.74, 6) is -13.5. The van der Waals surface area contributed by atoms with Gasteiger partial charge >= 0.3 is 18.2 Å². The Morgan fingerprint density at radius 2 is 1.25 bits per heavy atom. The van der Waals surface area contributed by atoms with Crippen LogP contribution in [-0.4, -0.2) is 263 Å². The SMILES string of the molecule is CNC(=O)c1ccccc1Sc1ccc2c(/C=C/c3ccccn3)nn(C(=O)NC3(CNC(=O)OCc4ccc(NC(=O)C(CCCNC(N)=O)NC(=O)C(NC(=O)CCC(=O)NC(C(=O)NC(CCN)C(=O)NC5CCNC(=O)C([C@H](C)O)NC(=O)C(CCN)NC(=O)[C@H](CCN)NC(=O)[C@H](CC(C)C)NC(=O)CNC(=O)[C@H](CCN)NC5=O)C(C)O)C(C)C)cc4)CCC3)c2c1. The molecule has 1 aliphatic heterocycles. The smallest absolute Gasteiger partial charge is 0.407 e. The molecule has 8 unspecified atom stereocenters. The minimum Gasteiger partial charge on any atom is -0.445 e. The highest BCUT2D eigenvalue weighted by atomic mass is 32.2. The van der Waals surface area contributed by atoms with Crippen LogP contribution in [0.3, 0.4) is 0 Å². The van der Waals surface area contributed by atoms with Gasteiger partial charge in [0.2, 0.25) is 76.8 Å². The number of urea groups is 1. The third-order valence-corrected chi connectivity index (χ3v) is 22.6. The average molecular weight is 1870 g/mol. The molecule has 45 nitrogen and oxygen atoms in total. The lowest BCUT2D eigenvalue weighted by atomic mass is 9.76. The Labute approximate surface area is 772 Å². The van der Waals surface area contributed by atoms with E-state index in [1.165, 1.54) is 28.6 Å². The summed E-state index contributed by atoms with van der Waals surface area (Å²) in [6.07, 6.45) is 0.241. The quantitative estimate of drug-likeness (QED) is 0.0174. The number of rotatable bonds is 40. The fourth-order valence-electron chi connectivity index (χ4n) is 14.1. The maximum absolute atomic E-state index is 14.4. The van der Waals surface area contributed by atoms with Crippen molar-refractivity contribution in [2.75, 3.05) is 64.7 Å². The molecule has 2 fully saturated rings. The minimum atomic E-state index is -1.84. The van der Waals surface area contributed by atoms with E-state index < -0.39 is 211 Å². The van der Waals surface area contributed by atoms with Gasteiger partial charge in [0, 0.05) is 66.6 Å². The number of primary amides is 1. The van der Waals surface area contributed by atoms with Gasteiger partial charge in [-0.2, -0.15) is 9.78 Å². The first-order chi connectivity index (χ1) is 63.4. The number of alkyl carbamates (subject to hydrolysis) is 1. The lowest BCUT2D eigenvalue weighted by Gasteiger charge is -2.42. The number of aliphatic hydroxyl groups is 2. The predicted molar refractivity (Wildman–Crippen MR) is 489 cm³/mol. The predicted octanol–water partition coefficient (Wildman–Crippen LogP) is -2.97. The third kappa shape index (κ3) is 33.8. The number of nitrogens with two attached hydrogens (primary N) is 5. The molecule has 2 aliphatic rings. The summed E-state index contributed by atoms with van der Waals surface area (Å²) >= 11 is 1.35. The summed E-state index contributed by atoms with van der Waals surface area (Å²) in [6, 6.07) is 7.78. The van der Waals surface area contributed by atoms with Crippen LogP contribution in [0.15, 0.2) is 101 Å². The lowest BCUT2D eigenvalue weighted by Crippen LogP contribution is -2.61. The van der Waals surface area contributed by atoms with Gasteiger partial charge in [-0.3, -0.25) is 72.1 Å². The van der Waals surface area contributed by atoms with Crippen LogP contribution in [0, 0.1) is 11.8 Å². The Balaban J connectivity index is 0.951.